The average Bonchev–Trinajstić information content (AvgIpc) is 2.66. The summed E-state index contributed by atoms with van der Waals surface area (Å²) in [6.07, 6.45) is 0. The number of fused-ring (bicyclic) bond motifs is 1. The standard InChI is InChI=1S/C15H14NS/c1-11-16(2)14-10-13(8-9-15(14)17-11)12-6-4-3-5-7-12/h3-10H,1-2H3/q+1. The van der Waals surface area contributed by atoms with E-state index in [1.165, 1.54) is 26.4 Å². The molecule has 0 saturated heterocycles. The lowest BCUT2D eigenvalue weighted by atomic mass is 10.1. The van der Waals surface area contributed by atoms with Crippen LogP contribution in [0.5, 0.6) is 0 Å². The molecule has 0 aliphatic rings. The van der Waals surface area contributed by atoms with Gasteiger partial charge in [0.25, 0.3) is 0 Å². The molecule has 2 heteroatoms. The van der Waals surface area contributed by atoms with E-state index in [9.17, 15) is 0 Å². The Bertz CT molecular complexity index is 668. The van der Waals surface area contributed by atoms with Crippen LogP contribution in [0.1, 0.15) is 5.01 Å². The Morgan fingerprint density at radius 1 is 0.941 bits per heavy atom. The summed E-state index contributed by atoms with van der Waals surface area (Å²) in [7, 11) is 2.13. The van der Waals surface area contributed by atoms with Crippen LogP contribution in [0.3, 0.4) is 0 Å². The van der Waals surface area contributed by atoms with Gasteiger partial charge in [0.2, 0.25) is 10.5 Å². The molecule has 0 N–H and O–H groups in total. The van der Waals surface area contributed by atoms with Gasteiger partial charge in [-0.25, -0.2) is 0 Å². The van der Waals surface area contributed by atoms with Gasteiger partial charge in [-0.1, -0.05) is 47.7 Å². The highest BCUT2D eigenvalue weighted by molar-refractivity contribution is 7.18. The molecule has 84 valence electrons. The maximum absolute atomic E-state index is 2.27. The Balaban J connectivity index is 2.23. The van der Waals surface area contributed by atoms with E-state index in [0.717, 1.165) is 0 Å². The first-order chi connectivity index (χ1) is 8.25. The molecule has 0 aliphatic carbocycles. The molecule has 0 spiro atoms. The number of rotatable bonds is 1. The number of thiazole rings is 1. The summed E-state index contributed by atoms with van der Waals surface area (Å²) >= 11 is 1.85. The lowest BCUT2D eigenvalue weighted by molar-refractivity contribution is -0.646. The molecule has 2 aromatic carbocycles. The molecule has 1 aromatic heterocycles. The van der Waals surface area contributed by atoms with Crippen LogP contribution >= 0.6 is 11.3 Å². The minimum absolute atomic E-state index is 1.28. The molecule has 1 heterocycles. The van der Waals surface area contributed by atoms with E-state index < -0.39 is 0 Å². The van der Waals surface area contributed by atoms with Gasteiger partial charge >= 0.3 is 0 Å². The summed E-state index contributed by atoms with van der Waals surface area (Å²) < 4.78 is 3.61. The van der Waals surface area contributed by atoms with Crippen LogP contribution in [0.4, 0.5) is 0 Å². The average molecular weight is 240 g/mol. The van der Waals surface area contributed by atoms with E-state index in [-0.39, 0.29) is 0 Å². The van der Waals surface area contributed by atoms with Gasteiger partial charge in [-0.2, -0.15) is 4.57 Å². The van der Waals surface area contributed by atoms with E-state index in [2.05, 4.69) is 67.1 Å². The van der Waals surface area contributed by atoms with Crippen molar-refractivity contribution >= 4 is 21.6 Å². The van der Waals surface area contributed by atoms with E-state index >= 15 is 0 Å². The van der Waals surface area contributed by atoms with Gasteiger partial charge in [0, 0.05) is 13.0 Å². The zero-order valence-corrected chi connectivity index (χ0v) is 10.8. The van der Waals surface area contributed by atoms with E-state index in [1.54, 1.807) is 0 Å². The molecule has 0 unspecified atom stereocenters. The van der Waals surface area contributed by atoms with Crippen LogP contribution < -0.4 is 4.57 Å². The van der Waals surface area contributed by atoms with Crippen molar-refractivity contribution in [2.45, 2.75) is 6.92 Å². The first kappa shape index (κ1) is 10.5. The molecule has 17 heavy (non-hydrogen) atoms. The third-order valence-corrected chi connectivity index (χ3v) is 4.29. The highest BCUT2D eigenvalue weighted by Gasteiger charge is 2.13. The van der Waals surface area contributed by atoms with Gasteiger partial charge in [-0.3, -0.25) is 0 Å². The van der Waals surface area contributed by atoms with Crippen molar-refractivity contribution in [3.05, 3.63) is 53.5 Å². The van der Waals surface area contributed by atoms with Gasteiger partial charge in [-0.05, 0) is 17.2 Å². The first-order valence-electron chi connectivity index (χ1n) is 5.70. The fourth-order valence-corrected chi connectivity index (χ4v) is 3.06. The highest BCUT2D eigenvalue weighted by Crippen LogP contribution is 2.26. The normalized spacial score (nSPS) is 10.9. The Morgan fingerprint density at radius 2 is 1.71 bits per heavy atom. The fourth-order valence-electron chi connectivity index (χ4n) is 2.07. The molecule has 0 atom stereocenters. The minimum atomic E-state index is 1.28. The van der Waals surface area contributed by atoms with E-state index in [0.29, 0.717) is 0 Å². The van der Waals surface area contributed by atoms with Crippen LogP contribution in [0, 0.1) is 6.92 Å². The largest absolute Gasteiger partial charge is 0.234 e. The summed E-state index contributed by atoms with van der Waals surface area (Å²) in [6, 6.07) is 17.2. The third kappa shape index (κ3) is 1.75. The number of hydrogen-bond acceptors (Lipinski definition) is 1. The molecular weight excluding hydrogens is 226 g/mol. The Morgan fingerprint density at radius 3 is 2.47 bits per heavy atom. The van der Waals surface area contributed by atoms with Crippen molar-refractivity contribution in [2.75, 3.05) is 0 Å². The lowest BCUT2D eigenvalue weighted by Crippen LogP contribution is -2.28. The predicted molar refractivity (Wildman–Crippen MR) is 73.2 cm³/mol. The molecule has 3 rings (SSSR count). The van der Waals surface area contributed by atoms with Crippen molar-refractivity contribution in [1.29, 1.82) is 0 Å². The number of nitrogens with zero attached hydrogens (tertiary/aromatic N) is 1. The second-order valence-corrected chi connectivity index (χ2v) is 5.46. The number of hydrogen-bond donors (Lipinski definition) is 0. The van der Waals surface area contributed by atoms with Crippen LogP contribution in [-0.4, -0.2) is 0 Å². The van der Waals surface area contributed by atoms with Crippen LogP contribution in [0.2, 0.25) is 0 Å². The number of benzene rings is 2. The molecule has 0 aliphatic heterocycles. The molecular formula is C15H14NS+. The summed E-state index contributed by atoms with van der Waals surface area (Å²) in [6.45, 7) is 2.16. The second-order valence-electron chi connectivity index (χ2n) is 4.23. The van der Waals surface area contributed by atoms with Gasteiger partial charge in [0.1, 0.15) is 11.7 Å². The highest BCUT2D eigenvalue weighted by atomic mass is 32.1. The SMILES string of the molecule is Cc1sc2ccc(-c3ccccc3)cc2[n+]1C. The lowest BCUT2D eigenvalue weighted by Gasteiger charge is -1.99. The zero-order chi connectivity index (χ0) is 11.8. The Kier molecular flexibility index (Phi) is 2.45. The molecule has 1 nitrogen and oxygen atoms in total. The summed E-state index contributed by atoms with van der Waals surface area (Å²) in [4.78, 5) is 0. The summed E-state index contributed by atoms with van der Waals surface area (Å²) in [5.41, 5.74) is 3.87. The van der Waals surface area contributed by atoms with Crippen molar-refractivity contribution < 1.29 is 4.57 Å². The second kappa shape index (κ2) is 3.97. The van der Waals surface area contributed by atoms with Crippen LogP contribution in [0.25, 0.3) is 21.3 Å². The van der Waals surface area contributed by atoms with Gasteiger partial charge in [-0.15, -0.1) is 0 Å². The van der Waals surface area contributed by atoms with Crippen molar-refractivity contribution in [1.82, 2.24) is 0 Å². The van der Waals surface area contributed by atoms with Crippen molar-refractivity contribution in [2.24, 2.45) is 7.05 Å². The third-order valence-electron chi connectivity index (χ3n) is 3.16. The zero-order valence-electron chi connectivity index (χ0n) is 9.97. The number of aromatic nitrogens is 1. The van der Waals surface area contributed by atoms with E-state index in [4.69, 9.17) is 0 Å². The molecule has 0 bridgehead atoms. The monoisotopic (exact) mass is 240 g/mol. The summed E-state index contributed by atoms with van der Waals surface area (Å²) in [5.74, 6) is 0. The Hall–Kier alpha value is -1.67. The minimum Gasteiger partial charge on any atom is -0.189 e. The molecule has 0 radical (unpaired) electrons. The van der Waals surface area contributed by atoms with E-state index in [1.807, 2.05) is 11.3 Å². The topological polar surface area (TPSA) is 3.88 Å². The quantitative estimate of drug-likeness (QED) is 0.571. The van der Waals surface area contributed by atoms with Crippen molar-refractivity contribution in [3.63, 3.8) is 0 Å². The van der Waals surface area contributed by atoms with Crippen LogP contribution in [0.15, 0.2) is 48.5 Å². The van der Waals surface area contributed by atoms with Gasteiger partial charge in [0.05, 0.1) is 0 Å². The maximum Gasteiger partial charge on any atom is 0.234 e. The Labute approximate surface area is 105 Å². The van der Waals surface area contributed by atoms with Crippen LogP contribution in [-0.2, 0) is 7.05 Å². The maximum atomic E-state index is 2.27. The van der Waals surface area contributed by atoms with Gasteiger partial charge in [0.15, 0.2) is 0 Å². The number of aryl methyl sites for hydroxylation is 2. The predicted octanol–water partition coefficient (Wildman–Crippen LogP) is 3.70. The first-order valence-corrected chi connectivity index (χ1v) is 6.52. The summed E-state index contributed by atoms with van der Waals surface area (Å²) in [5, 5.41) is 1.34. The fraction of sp³-hybridized carbons (Fsp3) is 0.133. The molecule has 0 fully saturated rings. The molecule has 0 amide bonds. The van der Waals surface area contributed by atoms with Crippen molar-refractivity contribution in [3.8, 4) is 11.1 Å². The smallest absolute Gasteiger partial charge is 0.189 e. The van der Waals surface area contributed by atoms with Gasteiger partial charge < -0.3 is 0 Å². The molecule has 0 saturated carbocycles. The molecule has 3 aromatic rings.